The van der Waals surface area contributed by atoms with Gasteiger partial charge in [-0.25, -0.2) is 9.59 Å². The van der Waals surface area contributed by atoms with Gasteiger partial charge in [0.15, 0.2) is 0 Å². The number of hydrogen-bond acceptors (Lipinski definition) is 4. The van der Waals surface area contributed by atoms with Crippen molar-refractivity contribution in [2.45, 2.75) is 83.3 Å². The van der Waals surface area contributed by atoms with Gasteiger partial charge < -0.3 is 20.3 Å². The first kappa shape index (κ1) is 20.3. The second kappa shape index (κ2) is 6.72. The van der Waals surface area contributed by atoms with Crippen LogP contribution in [0.1, 0.15) is 71.6 Å². The normalized spacial score (nSPS) is 50.0. The van der Waals surface area contributed by atoms with Gasteiger partial charge in [-0.3, -0.25) is 0 Å². The van der Waals surface area contributed by atoms with Crippen molar-refractivity contribution >= 4 is 12.1 Å². The van der Waals surface area contributed by atoms with Gasteiger partial charge in [-0.2, -0.15) is 0 Å². The summed E-state index contributed by atoms with van der Waals surface area (Å²) in [5, 5.41) is 24.0. The van der Waals surface area contributed by atoms with Crippen molar-refractivity contribution in [3.05, 3.63) is 11.6 Å². The summed E-state index contributed by atoms with van der Waals surface area (Å²) in [6.45, 7) is 5.06. The molecule has 0 radical (unpaired) electrons. The number of fused-ring (bicyclic) bond motifs is 5. The van der Waals surface area contributed by atoms with Crippen LogP contribution >= 0.6 is 0 Å². The van der Waals surface area contributed by atoms with Gasteiger partial charge in [-0.05, 0) is 92.4 Å². The molecule has 0 aromatic rings. The number of carboxylic acid groups (broad SMARTS) is 1. The Hall–Kier alpha value is -1.56. The Morgan fingerprint density at radius 2 is 1.90 bits per heavy atom. The number of aliphatic hydroxyl groups is 1. The maximum Gasteiger partial charge on any atom is 0.404 e. The van der Waals surface area contributed by atoms with Crippen molar-refractivity contribution in [3.8, 4) is 0 Å². The van der Waals surface area contributed by atoms with Gasteiger partial charge in [0.05, 0.1) is 5.60 Å². The third-order valence-corrected chi connectivity index (χ3v) is 10.3. The zero-order valence-electron chi connectivity index (χ0n) is 18.2. The predicted octanol–water partition coefficient (Wildman–Crippen LogP) is 3.88. The number of rotatable bonds is 2. The molecule has 6 nitrogen and oxygen atoms in total. The highest BCUT2D eigenvalue weighted by Gasteiger charge is 2.67. The van der Waals surface area contributed by atoms with Crippen LogP contribution in [-0.2, 0) is 9.53 Å². The van der Waals surface area contributed by atoms with Gasteiger partial charge in [-0.15, -0.1) is 0 Å². The topological polar surface area (TPSA) is 95.9 Å². The Morgan fingerprint density at radius 3 is 2.60 bits per heavy atom. The summed E-state index contributed by atoms with van der Waals surface area (Å²) in [7, 11) is 0. The highest BCUT2D eigenvalue weighted by atomic mass is 16.5. The van der Waals surface area contributed by atoms with Crippen LogP contribution in [0.5, 0.6) is 0 Å². The SMILES string of the molecule is C[C@]12CC[C@H](NC(=O)O)C[C@H]1CCC1C2CC[C@]2(C)[C@@H](C3=CC(=O)OC3)CC[C@]12O. The molecule has 1 aliphatic heterocycles. The van der Waals surface area contributed by atoms with Crippen molar-refractivity contribution in [1.82, 2.24) is 5.32 Å². The molecule has 2 unspecified atom stereocenters. The van der Waals surface area contributed by atoms with Crippen molar-refractivity contribution in [3.63, 3.8) is 0 Å². The van der Waals surface area contributed by atoms with Gasteiger partial charge in [0.2, 0.25) is 0 Å². The molecule has 5 aliphatic rings. The minimum absolute atomic E-state index is 0.0665. The van der Waals surface area contributed by atoms with Crippen molar-refractivity contribution in [2.75, 3.05) is 6.61 Å². The summed E-state index contributed by atoms with van der Waals surface area (Å²) >= 11 is 0. The number of hydrogen-bond donors (Lipinski definition) is 3. The van der Waals surface area contributed by atoms with E-state index in [1.807, 2.05) is 0 Å². The maximum absolute atomic E-state index is 12.2. The van der Waals surface area contributed by atoms with E-state index >= 15 is 0 Å². The van der Waals surface area contributed by atoms with Crippen LogP contribution in [0.2, 0.25) is 0 Å². The molecule has 3 N–H and O–H groups in total. The monoisotopic (exact) mass is 417 g/mol. The minimum Gasteiger partial charge on any atom is -0.465 e. The summed E-state index contributed by atoms with van der Waals surface area (Å²) in [6, 6.07) is 0.0665. The second-order valence-corrected chi connectivity index (χ2v) is 11.2. The standard InChI is InChI=1S/C24H35NO5/c1-22-8-5-16(25-21(27)28)12-15(22)3-4-19-18(22)6-9-23(2)17(7-10-24(19,23)29)14-11-20(26)30-13-14/h11,15-19,25,29H,3-10,12-13H2,1-2H3,(H,27,28)/t15-,16+,17-,18?,19?,22+,23-,24+/m1/s1. The average Bonchev–Trinajstić information content (AvgIpc) is 3.22. The van der Waals surface area contributed by atoms with E-state index in [1.165, 1.54) is 0 Å². The Labute approximate surface area is 178 Å². The van der Waals surface area contributed by atoms with E-state index in [1.54, 1.807) is 6.08 Å². The van der Waals surface area contributed by atoms with Crippen molar-refractivity contribution < 1.29 is 24.5 Å². The lowest BCUT2D eigenvalue weighted by Gasteiger charge is -2.63. The summed E-state index contributed by atoms with van der Waals surface area (Å²) in [4.78, 5) is 22.8. The molecule has 1 heterocycles. The first-order chi connectivity index (χ1) is 14.2. The largest absolute Gasteiger partial charge is 0.465 e. The van der Waals surface area contributed by atoms with Gasteiger partial charge in [0.25, 0.3) is 0 Å². The zero-order valence-corrected chi connectivity index (χ0v) is 18.2. The Balaban J connectivity index is 1.40. The van der Waals surface area contributed by atoms with E-state index in [0.29, 0.717) is 24.4 Å². The van der Waals surface area contributed by atoms with Crippen molar-refractivity contribution in [2.24, 2.45) is 34.5 Å². The number of carbonyl (C=O) groups is 2. The third kappa shape index (κ3) is 2.71. The Bertz CT molecular complexity index is 794. The second-order valence-electron chi connectivity index (χ2n) is 11.2. The molecule has 0 aromatic heterocycles. The van der Waals surface area contributed by atoms with E-state index in [4.69, 9.17) is 9.84 Å². The highest BCUT2D eigenvalue weighted by Crippen LogP contribution is 2.69. The van der Waals surface area contributed by atoms with E-state index in [9.17, 15) is 14.7 Å². The quantitative estimate of drug-likeness (QED) is 0.593. The number of amides is 1. The van der Waals surface area contributed by atoms with E-state index < -0.39 is 11.7 Å². The molecule has 4 fully saturated rings. The minimum atomic E-state index is -0.916. The molecule has 8 atom stereocenters. The van der Waals surface area contributed by atoms with Crippen molar-refractivity contribution in [1.29, 1.82) is 0 Å². The molecular weight excluding hydrogens is 382 g/mol. The molecular formula is C24H35NO5. The van der Waals surface area contributed by atoms with Crippen LogP contribution < -0.4 is 5.32 Å². The number of nitrogens with one attached hydrogen (secondary N) is 1. The fourth-order valence-electron chi connectivity index (χ4n) is 8.72. The number of cyclic esters (lactones) is 1. The Kier molecular flexibility index (Phi) is 4.56. The van der Waals surface area contributed by atoms with Crippen LogP contribution in [0.4, 0.5) is 4.79 Å². The van der Waals surface area contributed by atoms with Gasteiger partial charge in [-0.1, -0.05) is 13.8 Å². The lowest BCUT2D eigenvalue weighted by Crippen LogP contribution is -2.62. The number of esters is 1. The molecule has 4 saturated carbocycles. The van der Waals surface area contributed by atoms with E-state index in [2.05, 4.69) is 19.2 Å². The summed E-state index contributed by atoms with van der Waals surface area (Å²) < 4.78 is 5.21. The van der Waals surface area contributed by atoms with Crippen LogP contribution in [0.15, 0.2) is 11.6 Å². The molecule has 4 aliphatic carbocycles. The smallest absolute Gasteiger partial charge is 0.404 e. The van der Waals surface area contributed by atoms with Crippen LogP contribution in [0.25, 0.3) is 0 Å². The first-order valence-electron chi connectivity index (χ1n) is 11.8. The molecule has 0 aromatic carbocycles. The third-order valence-electron chi connectivity index (χ3n) is 10.3. The molecule has 0 spiro atoms. The van der Waals surface area contributed by atoms with Crippen LogP contribution in [0.3, 0.4) is 0 Å². The van der Waals surface area contributed by atoms with Gasteiger partial charge in [0, 0.05) is 17.5 Å². The predicted molar refractivity (Wildman–Crippen MR) is 111 cm³/mol. The first-order valence-corrected chi connectivity index (χ1v) is 11.8. The highest BCUT2D eigenvalue weighted by molar-refractivity contribution is 5.85. The average molecular weight is 418 g/mol. The molecule has 5 rings (SSSR count). The lowest BCUT2D eigenvalue weighted by atomic mass is 9.43. The molecule has 6 heteroatoms. The van der Waals surface area contributed by atoms with Crippen LogP contribution in [-0.4, -0.2) is 40.5 Å². The Morgan fingerprint density at radius 1 is 1.10 bits per heavy atom. The summed E-state index contributed by atoms with van der Waals surface area (Å²) in [5.41, 5.74) is 0.383. The van der Waals surface area contributed by atoms with Crippen LogP contribution in [0, 0.1) is 34.5 Å². The fourth-order valence-corrected chi connectivity index (χ4v) is 8.72. The fraction of sp³-hybridized carbons (Fsp3) is 0.833. The molecule has 166 valence electrons. The molecule has 0 bridgehead atoms. The molecule has 1 amide bonds. The molecule has 0 saturated heterocycles. The summed E-state index contributed by atoms with van der Waals surface area (Å²) in [5.74, 6) is 1.31. The summed E-state index contributed by atoms with van der Waals surface area (Å²) in [6.07, 6.45) is 9.56. The van der Waals surface area contributed by atoms with Gasteiger partial charge in [0.1, 0.15) is 6.61 Å². The number of carbonyl (C=O) groups excluding carboxylic acids is 1. The maximum atomic E-state index is 12.2. The van der Waals surface area contributed by atoms with E-state index in [-0.39, 0.29) is 28.8 Å². The van der Waals surface area contributed by atoms with Gasteiger partial charge >= 0.3 is 12.1 Å². The number of ether oxygens (including phenoxy) is 1. The zero-order chi connectivity index (χ0) is 21.3. The lowest BCUT2D eigenvalue weighted by molar-refractivity contribution is -0.204. The van der Waals surface area contributed by atoms with E-state index in [0.717, 1.165) is 63.4 Å². The molecule has 30 heavy (non-hydrogen) atoms.